The van der Waals surface area contributed by atoms with Crippen LogP contribution in [0.1, 0.15) is 80.1 Å². The molecule has 34 heavy (non-hydrogen) atoms. The molecule has 0 spiro atoms. The molecule has 0 aromatic carbocycles. The molecular weight excluding hydrogens is 432 g/mol. The normalized spacial score (nSPS) is 48.1. The van der Waals surface area contributed by atoms with Crippen LogP contribution in [-0.2, 0) is 9.53 Å². The average Bonchev–Trinajstić information content (AvgIpc) is 3.09. The van der Waals surface area contributed by atoms with Crippen molar-refractivity contribution >= 4 is 5.97 Å². The first-order valence-electron chi connectivity index (χ1n) is 13.7. The molecule has 6 nitrogen and oxygen atoms in total. The number of ether oxygens (including phenoxy) is 1. The van der Waals surface area contributed by atoms with Crippen LogP contribution in [0, 0.1) is 58.2 Å². The first-order chi connectivity index (χ1) is 15.8. The van der Waals surface area contributed by atoms with Gasteiger partial charge in [-0.05, 0) is 90.8 Å². The molecule has 0 aromatic rings. The molecule has 1 saturated heterocycles. The van der Waals surface area contributed by atoms with Gasteiger partial charge in [-0.15, -0.1) is 0 Å². The van der Waals surface area contributed by atoms with Crippen molar-refractivity contribution in [3.63, 3.8) is 0 Å². The molecule has 4 rings (SSSR count). The maximum atomic E-state index is 13.0. The molecule has 3 aliphatic carbocycles. The molecule has 0 aromatic heterocycles. The first-order valence-corrected chi connectivity index (χ1v) is 13.7. The molecule has 196 valence electrons. The number of hydrogen-bond donors (Lipinski definition) is 4. The Labute approximate surface area is 205 Å². The van der Waals surface area contributed by atoms with Crippen molar-refractivity contribution in [2.75, 3.05) is 6.61 Å². The van der Waals surface area contributed by atoms with E-state index >= 15 is 0 Å². The Morgan fingerprint density at radius 3 is 2.21 bits per heavy atom. The van der Waals surface area contributed by atoms with Gasteiger partial charge in [-0.1, -0.05) is 41.5 Å². The van der Waals surface area contributed by atoms with E-state index < -0.39 is 24.4 Å². The molecule has 0 amide bonds. The van der Waals surface area contributed by atoms with E-state index in [1.54, 1.807) is 0 Å². The average molecular weight is 481 g/mol. The van der Waals surface area contributed by atoms with Crippen molar-refractivity contribution in [1.82, 2.24) is 0 Å². The van der Waals surface area contributed by atoms with Gasteiger partial charge in [-0.25, -0.2) is 0 Å². The number of aliphatic hydroxyl groups is 4. The van der Waals surface area contributed by atoms with E-state index in [0.717, 1.165) is 25.7 Å². The Morgan fingerprint density at radius 1 is 0.912 bits per heavy atom. The highest BCUT2D eigenvalue weighted by Gasteiger charge is 2.63. The van der Waals surface area contributed by atoms with Gasteiger partial charge in [-0.2, -0.15) is 0 Å². The van der Waals surface area contributed by atoms with Crippen LogP contribution in [0.25, 0.3) is 0 Å². The summed E-state index contributed by atoms with van der Waals surface area (Å²) in [4.78, 5) is 13.0. The minimum absolute atomic E-state index is 0.00827. The largest absolute Gasteiger partial charge is 0.465 e. The first kappa shape index (κ1) is 26.4. The highest BCUT2D eigenvalue weighted by atomic mass is 16.5. The van der Waals surface area contributed by atoms with Gasteiger partial charge in [0, 0.05) is 0 Å². The summed E-state index contributed by atoms with van der Waals surface area (Å²) in [5.74, 6) is 0.948. The molecule has 4 unspecified atom stereocenters. The van der Waals surface area contributed by atoms with E-state index in [1.165, 1.54) is 0 Å². The van der Waals surface area contributed by atoms with Crippen molar-refractivity contribution in [1.29, 1.82) is 0 Å². The second kappa shape index (κ2) is 9.32. The number of carbonyl (C=O) groups is 1. The van der Waals surface area contributed by atoms with Crippen molar-refractivity contribution in [3.05, 3.63) is 0 Å². The Morgan fingerprint density at radius 2 is 1.56 bits per heavy atom. The summed E-state index contributed by atoms with van der Waals surface area (Å²) in [6.07, 6.45) is 1.61. The number of esters is 1. The molecule has 1 heterocycles. The van der Waals surface area contributed by atoms with Gasteiger partial charge in [0.1, 0.15) is 0 Å². The highest BCUT2D eigenvalue weighted by molar-refractivity contribution is 5.74. The number of cyclic esters (lactones) is 1. The number of carbonyl (C=O) groups excluding carboxylic acids is 1. The van der Waals surface area contributed by atoms with Gasteiger partial charge >= 0.3 is 5.97 Å². The fourth-order valence-electron chi connectivity index (χ4n) is 8.95. The lowest BCUT2D eigenvalue weighted by Gasteiger charge is -2.56. The van der Waals surface area contributed by atoms with Crippen molar-refractivity contribution in [3.8, 4) is 0 Å². The third-order valence-electron chi connectivity index (χ3n) is 11.5. The highest BCUT2D eigenvalue weighted by Crippen LogP contribution is 2.66. The Hall–Kier alpha value is -0.690. The maximum Gasteiger partial charge on any atom is 0.309 e. The standard InChI is InChI=1S/C28H48O6/c1-14(2)15(3)24(31)25(32)16(4)18-7-8-19-17-13-34-26(33)21-11-22(29)23(30)12-28(21,6)20(17)9-10-27(18,19)5/h14-25,29-32H,7-13H2,1-6H3/t15-,16+,17?,18-,19?,20?,21?,22+,23-,24-,25-,27-,28-/m1/s1. The fraction of sp³-hybridized carbons (Fsp3) is 0.964. The third-order valence-corrected chi connectivity index (χ3v) is 11.5. The van der Waals surface area contributed by atoms with Crippen LogP contribution in [0.2, 0.25) is 0 Å². The summed E-state index contributed by atoms with van der Waals surface area (Å²) >= 11 is 0. The Balaban J connectivity index is 1.58. The summed E-state index contributed by atoms with van der Waals surface area (Å²) < 4.78 is 5.86. The number of rotatable bonds is 5. The van der Waals surface area contributed by atoms with Crippen molar-refractivity contribution in [2.45, 2.75) is 104 Å². The Kier molecular flexibility index (Phi) is 7.23. The van der Waals surface area contributed by atoms with Crippen LogP contribution in [0.15, 0.2) is 0 Å². The molecule has 0 bridgehead atoms. The predicted molar refractivity (Wildman–Crippen MR) is 130 cm³/mol. The molecular formula is C28H48O6. The van der Waals surface area contributed by atoms with Crippen LogP contribution in [0.5, 0.6) is 0 Å². The summed E-state index contributed by atoms with van der Waals surface area (Å²) in [5, 5.41) is 42.9. The van der Waals surface area contributed by atoms with Gasteiger partial charge in [0.05, 0.1) is 36.9 Å². The summed E-state index contributed by atoms with van der Waals surface area (Å²) in [6.45, 7) is 13.2. The van der Waals surface area contributed by atoms with Gasteiger partial charge in [0.15, 0.2) is 0 Å². The molecule has 1 aliphatic heterocycles. The topological polar surface area (TPSA) is 107 Å². The molecule has 3 saturated carbocycles. The summed E-state index contributed by atoms with van der Waals surface area (Å²) in [5.41, 5.74) is -0.345. The predicted octanol–water partition coefficient (Wildman–Crippen LogP) is 3.39. The van der Waals surface area contributed by atoms with E-state index in [2.05, 4.69) is 34.6 Å². The van der Waals surface area contributed by atoms with E-state index in [-0.39, 0.29) is 52.8 Å². The van der Waals surface area contributed by atoms with Crippen LogP contribution in [-0.4, -0.2) is 57.4 Å². The van der Waals surface area contributed by atoms with Gasteiger partial charge in [-0.3, -0.25) is 4.79 Å². The van der Waals surface area contributed by atoms with Crippen molar-refractivity contribution in [2.24, 2.45) is 58.2 Å². The third kappa shape index (κ3) is 4.05. The molecule has 6 heteroatoms. The summed E-state index contributed by atoms with van der Waals surface area (Å²) in [7, 11) is 0. The quantitative estimate of drug-likeness (QED) is 0.450. The van der Waals surface area contributed by atoms with Gasteiger partial charge in [0.2, 0.25) is 0 Å². The fourth-order valence-corrected chi connectivity index (χ4v) is 8.95. The lowest BCUT2D eigenvalue weighted by atomic mass is 9.48. The van der Waals surface area contributed by atoms with Gasteiger partial charge in [0.25, 0.3) is 0 Å². The second-order valence-corrected chi connectivity index (χ2v) is 13.3. The summed E-state index contributed by atoms with van der Waals surface area (Å²) in [6, 6.07) is 0. The van der Waals surface area contributed by atoms with E-state index in [0.29, 0.717) is 30.8 Å². The van der Waals surface area contributed by atoms with Crippen molar-refractivity contribution < 1.29 is 30.0 Å². The zero-order chi connectivity index (χ0) is 25.2. The Bertz CT molecular complexity index is 755. The van der Waals surface area contributed by atoms with Crippen LogP contribution >= 0.6 is 0 Å². The lowest BCUT2D eigenvalue weighted by molar-refractivity contribution is -0.162. The number of hydrogen-bond acceptors (Lipinski definition) is 6. The zero-order valence-electron chi connectivity index (χ0n) is 22.0. The molecule has 4 N–H and O–H groups in total. The second-order valence-electron chi connectivity index (χ2n) is 13.3. The molecule has 4 aliphatic rings. The monoisotopic (exact) mass is 480 g/mol. The molecule has 0 radical (unpaired) electrons. The SMILES string of the molecule is CC(C)[C@@H](C)[C@@H](O)[C@H](O)[C@@H](C)[C@H]1CCC2C3COC(=O)C4C[C@H](O)[C@H](O)C[C@]4(C)C3CC[C@@]21C. The maximum absolute atomic E-state index is 13.0. The van der Waals surface area contributed by atoms with Crippen LogP contribution in [0.4, 0.5) is 0 Å². The smallest absolute Gasteiger partial charge is 0.309 e. The minimum atomic E-state index is -0.867. The zero-order valence-corrected chi connectivity index (χ0v) is 22.0. The van der Waals surface area contributed by atoms with E-state index in [9.17, 15) is 25.2 Å². The van der Waals surface area contributed by atoms with Crippen LogP contribution < -0.4 is 0 Å². The van der Waals surface area contributed by atoms with E-state index in [1.807, 2.05) is 6.92 Å². The number of aliphatic hydroxyl groups excluding tert-OH is 4. The minimum Gasteiger partial charge on any atom is -0.465 e. The number of fused-ring (bicyclic) bond motifs is 5. The van der Waals surface area contributed by atoms with Crippen LogP contribution in [0.3, 0.4) is 0 Å². The molecule has 4 fully saturated rings. The van der Waals surface area contributed by atoms with Gasteiger partial charge < -0.3 is 25.2 Å². The van der Waals surface area contributed by atoms with E-state index in [4.69, 9.17) is 4.74 Å². The molecule has 13 atom stereocenters. The lowest BCUT2D eigenvalue weighted by Crippen LogP contribution is -2.55.